The van der Waals surface area contributed by atoms with Crippen LogP contribution in [-0.2, 0) is 27.2 Å². The second-order valence-electron chi connectivity index (χ2n) is 8.44. The molecule has 2 heterocycles. The Kier molecular flexibility index (Phi) is 7.27. The minimum absolute atomic E-state index is 0.0137. The number of hydrogen-bond donors (Lipinski definition) is 3. The van der Waals surface area contributed by atoms with Gasteiger partial charge in [0.25, 0.3) is 11.6 Å². The van der Waals surface area contributed by atoms with Crippen molar-refractivity contribution in [3.63, 3.8) is 0 Å². The molecule has 4 N–H and O–H groups in total. The Morgan fingerprint density at radius 2 is 1.97 bits per heavy atom. The normalized spacial score (nSPS) is 22.8. The van der Waals surface area contributed by atoms with E-state index in [1.54, 1.807) is 6.07 Å². The van der Waals surface area contributed by atoms with Gasteiger partial charge in [-0.1, -0.05) is 36.4 Å². The van der Waals surface area contributed by atoms with Gasteiger partial charge < -0.3 is 21.1 Å². The first-order chi connectivity index (χ1) is 17.1. The Morgan fingerprint density at radius 1 is 1.25 bits per heavy atom. The summed E-state index contributed by atoms with van der Waals surface area (Å²) in [4.78, 5) is 48.7. The summed E-state index contributed by atoms with van der Waals surface area (Å²) < 4.78 is -1.04. The van der Waals surface area contributed by atoms with Gasteiger partial charge in [0.15, 0.2) is 0 Å². The summed E-state index contributed by atoms with van der Waals surface area (Å²) in [7, 11) is 0. The summed E-state index contributed by atoms with van der Waals surface area (Å²) in [6, 6.07) is 13.4. The van der Waals surface area contributed by atoms with Crippen molar-refractivity contribution in [1.29, 1.82) is 0 Å². The number of β-lactam (4-membered cyclic amide) rings is 1. The summed E-state index contributed by atoms with van der Waals surface area (Å²) >= 11 is 2.73. The largest absolute Gasteiger partial charge is 0.478 e. The zero-order valence-corrected chi connectivity index (χ0v) is 20.9. The van der Waals surface area contributed by atoms with E-state index in [4.69, 9.17) is 5.73 Å². The molecule has 2 unspecified atom stereocenters. The molecule has 2 aromatic rings. The molecule has 1 saturated heterocycles. The number of thioether (sulfide) groups is 2. The van der Waals surface area contributed by atoms with E-state index in [9.17, 15) is 29.6 Å². The Hall–Kier alpha value is -3.51. The number of amides is 2. The lowest BCUT2D eigenvalue weighted by atomic mass is 10.0. The molecule has 36 heavy (non-hydrogen) atoms. The van der Waals surface area contributed by atoms with Crippen LogP contribution in [0.1, 0.15) is 18.1 Å². The number of nitro benzene ring substituents is 1. The lowest BCUT2D eigenvalue weighted by Gasteiger charge is -2.52. The lowest BCUT2D eigenvalue weighted by Crippen LogP contribution is -2.70. The second kappa shape index (κ2) is 10.2. The first kappa shape index (κ1) is 25.6. The average Bonchev–Trinajstić information content (AvgIpc) is 2.82. The molecule has 0 radical (unpaired) electrons. The molecule has 1 fully saturated rings. The molecule has 10 nitrogen and oxygen atoms in total. The zero-order chi connectivity index (χ0) is 26.0. The third-order valence-corrected chi connectivity index (χ3v) is 9.32. The van der Waals surface area contributed by atoms with Gasteiger partial charge in [0.2, 0.25) is 5.91 Å². The van der Waals surface area contributed by atoms with Gasteiger partial charge in [-0.15, -0.1) is 23.5 Å². The Bertz CT molecular complexity index is 1250. The number of aryl methyl sites for hydroxylation is 1. The van der Waals surface area contributed by atoms with Crippen molar-refractivity contribution in [2.75, 3.05) is 11.5 Å². The number of nitrogens with two attached hydrogens (primary N) is 1. The van der Waals surface area contributed by atoms with Crippen molar-refractivity contribution in [2.45, 2.75) is 35.3 Å². The van der Waals surface area contributed by atoms with Gasteiger partial charge >= 0.3 is 5.97 Å². The van der Waals surface area contributed by atoms with E-state index < -0.39 is 26.4 Å². The number of nitrogen functional groups attached to an aromatic ring is 1. The van der Waals surface area contributed by atoms with Crippen molar-refractivity contribution < 1.29 is 24.4 Å². The SMILES string of the molecule is CC(=O)NC1C(=O)N2C=C(C(=O)O)C(Cc3ccc([N+](=O)[O-])c(N)c3)(SCCc3ccccc3)S[C@H]12. The van der Waals surface area contributed by atoms with Crippen LogP contribution in [0.5, 0.6) is 0 Å². The van der Waals surface area contributed by atoms with Crippen molar-refractivity contribution >= 4 is 52.7 Å². The molecule has 0 aliphatic carbocycles. The van der Waals surface area contributed by atoms with E-state index in [2.05, 4.69) is 5.32 Å². The molecular weight excluding hydrogens is 504 g/mol. The van der Waals surface area contributed by atoms with Crippen molar-refractivity contribution in [3.8, 4) is 0 Å². The van der Waals surface area contributed by atoms with Gasteiger partial charge in [0, 0.05) is 25.6 Å². The number of nitro groups is 1. The number of carbonyl (C=O) groups is 3. The monoisotopic (exact) mass is 528 g/mol. The maximum absolute atomic E-state index is 12.6. The van der Waals surface area contributed by atoms with E-state index in [0.717, 1.165) is 5.56 Å². The highest BCUT2D eigenvalue weighted by Crippen LogP contribution is 2.55. The van der Waals surface area contributed by atoms with Gasteiger partial charge in [0.1, 0.15) is 21.2 Å². The van der Waals surface area contributed by atoms with Crippen LogP contribution in [-0.4, -0.2) is 54.0 Å². The van der Waals surface area contributed by atoms with Gasteiger partial charge in [-0.3, -0.25) is 19.7 Å². The highest BCUT2D eigenvalue weighted by Gasteiger charge is 2.57. The van der Waals surface area contributed by atoms with Gasteiger partial charge in [0.05, 0.1) is 10.5 Å². The highest BCUT2D eigenvalue weighted by atomic mass is 32.2. The molecule has 0 aromatic heterocycles. The number of nitrogens with one attached hydrogen (secondary N) is 1. The predicted octanol–water partition coefficient (Wildman–Crippen LogP) is 2.78. The third kappa shape index (κ3) is 5.05. The molecule has 3 atom stereocenters. The van der Waals surface area contributed by atoms with Crippen LogP contribution in [0.4, 0.5) is 11.4 Å². The Labute approximate surface area is 215 Å². The minimum atomic E-state index is -1.17. The van der Waals surface area contributed by atoms with Gasteiger partial charge in [-0.25, -0.2) is 4.79 Å². The molecule has 2 aliphatic heterocycles. The molecular formula is C24H24N4O6S2. The van der Waals surface area contributed by atoms with Crippen molar-refractivity contribution in [1.82, 2.24) is 10.2 Å². The van der Waals surface area contributed by atoms with Gasteiger partial charge in [-0.05, 0) is 29.4 Å². The fourth-order valence-corrected chi connectivity index (χ4v) is 7.80. The maximum Gasteiger partial charge on any atom is 0.335 e. The fraction of sp³-hybridized carbons (Fsp3) is 0.292. The Balaban J connectivity index is 1.70. The lowest BCUT2D eigenvalue weighted by molar-refractivity contribution is -0.383. The Morgan fingerprint density at radius 3 is 2.58 bits per heavy atom. The number of carboxylic acids is 1. The molecule has 0 saturated carbocycles. The van der Waals surface area contributed by atoms with Crippen molar-refractivity contribution in [3.05, 3.63) is 81.5 Å². The van der Waals surface area contributed by atoms with Gasteiger partial charge in [-0.2, -0.15) is 0 Å². The quantitative estimate of drug-likeness (QED) is 0.193. The number of anilines is 1. The van der Waals surface area contributed by atoms with Crippen molar-refractivity contribution in [2.24, 2.45) is 0 Å². The number of carbonyl (C=O) groups excluding carboxylic acids is 2. The number of benzene rings is 2. The third-order valence-electron chi connectivity index (χ3n) is 5.95. The summed E-state index contributed by atoms with van der Waals surface area (Å²) in [6.45, 7) is 1.32. The second-order valence-corrected chi connectivity index (χ2v) is 11.5. The molecule has 2 aliphatic rings. The average molecular weight is 529 g/mol. The molecule has 4 rings (SSSR count). The van der Waals surface area contributed by atoms with E-state index in [-0.39, 0.29) is 35.2 Å². The molecule has 2 amide bonds. The summed E-state index contributed by atoms with van der Waals surface area (Å²) in [6.07, 6.45) is 2.24. The predicted molar refractivity (Wildman–Crippen MR) is 138 cm³/mol. The summed E-state index contributed by atoms with van der Waals surface area (Å²) in [5.41, 5.74) is 7.43. The van der Waals surface area contributed by atoms with E-state index in [0.29, 0.717) is 17.7 Å². The molecule has 188 valence electrons. The van der Waals surface area contributed by atoms with Crippen LogP contribution < -0.4 is 11.1 Å². The minimum Gasteiger partial charge on any atom is -0.478 e. The van der Waals surface area contributed by atoms with E-state index in [1.165, 1.54) is 53.7 Å². The fourth-order valence-electron chi connectivity index (χ4n) is 4.24. The maximum atomic E-state index is 12.6. The number of nitrogens with zero attached hydrogens (tertiary/aromatic N) is 2. The number of fused-ring (bicyclic) bond motifs is 1. The number of carboxylic acid groups (broad SMARTS) is 1. The highest BCUT2D eigenvalue weighted by molar-refractivity contribution is 8.19. The standard InChI is InChI=1S/C24H24N4O6S2/c1-14(29)26-20-21(30)27-13-17(23(31)32)24(36-22(20)27,35-10-9-15-5-3-2-4-6-15)12-16-7-8-19(28(33)34)18(25)11-16/h2-8,11,13,20,22H,9-10,12,25H2,1H3,(H,26,29)(H,31,32)/t20?,22-,24?/m1/s1. The number of hydrogen-bond acceptors (Lipinski definition) is 8. The van der Waals surface area contributed by atoms with Crippen LogP contribution in [0.25, 0.3) is 0 Å². The first-order valence-corrected chi connectivity index (χ1v) is 12.9. The molecule has 0 bridgehead atoms. The van der Waals surface area contributed by atoms with E-state index in [1.807, 2.05) is 30.3 Å². The number of aliphatic carboxylic acids is 1. The topological polar surface area (TPSA) is 156 Å². The van der Waals surface area contributed by atoms with Crippen LogP contribution in [0.15, 0.2) is 60.3 Å². The first-order valence-electron chi connectivity index (χ1n) is 11.0. The van der Waals surface area contributed by atoms with Crippen LogP contribution in [0.3, 0.4) is 0 Å². The summed E-state index contributed by atoms with van der Waals surface area (Å²) in [5.74, 6) is -1.31. The molecule has 2 aromatic carbocycles. The van der Waals surface area contributed by atoms with Crippen LogP contribution in [0.2, 0.25) is 0 Å². The molecule has 0 spiro atoms. The molecule has 12 heteroatoms. The summed E-state index contributed by atoms with van der Waals surface area (Å²) in [5, 5.41) is 23.5. The van der Waals surface area contributed by atoms with E-state index >= 15 is 0 Å². The smallest absolute Gasteiger partial charge is 0.335 e. The zero-order valence-electron chi connectivity index (χ0n) is 19.2. The van der Waals surface area contributed by atoms with Crippen LogP contribution in [0, 0.1) is 10.1 Å². The number of rotatable bonds is 9. The van der Waals surface area contributed by atoms with Crippen LogP contribution >= 0.6 is 23.5 Å².